The molecule has 0 bridgehead atoms. The Morgan fingerprint density at radius 2 is 2.06 bits per heavy atom. The quantitative estimate of drug-likeness (QED) is 0.546. The van der Waals surface area contributed by atoms with Gasteiger partial charge < -0.3 is 10.4 Å². The van der Waals surface area contributed by atoms with Crippen LogP contribution in [0.1, 0.15) is 16.8 Å². The molecule has 6 nitrogen and oxygen atoms in total. The van der Waals surface area contributed by atoms with Crippen molar-refractivity contribution in [2.75, 3.05) is 0 Å². The summed E-state index contributed by atoms with van der Waals surface area (Å²) in [5.41, 5.74) is 2.23. The van der Waals surface area contributed by atoms with Gasteiger partial charge in [0.15, 0.2) is 5.84 Å². The largest absolute Gasteiger partial charge is 0.489 e. The maximum absolute atomic E-state index is 9.21. The maximum atomic E-state index is 9.21. The summed E-state index contributed by atoms with van der Waals surface area (Å²) in [5, 5.41) is 26.3. The molecule has 0 amide bonds. The molecule has 1 aromatic carbocycles. The Morgan fingerprint density at radius 3 is 2.65 bits per heavy atom. The lowest BCUT2D eigenvalue weighted by Gasteiger charge is -2.05. The summed E-state index contributed by atoms with van der Waals surface area (Å²) in [6.45, 7) is 2.49. The summed E-state index contributed by atoms with van der Waals surface area (Å²) < 4.78 is 4.30. The van der Waals surface area contributed by atoms with Crippen molar-refractivity contribution in [3.05, 3.63) is 41.1 Å². The summed E-state index contributed by atoms with van der Waals surface area (Å²) in [6.07, 6.45) is 0. The normalized spacial score (nSPS) is 10.2. The number of nitrogens with zero attached hydrogens (tertiary/aromatic N) is 2. The van der Waals surface area contributed by atoms with Crippen LogP contribution in [0.25, 0.3) is 0 Å². The Kier molecular flexibility index (Phi) is 3.04. The molecule has 0 aliphatic heterocycles. The topological polar surface area (TPSA) is 95.0 Å². The first-order valence-electron chi connectivity index (χ1n) is 5.06. The molecule has 88 valence electrons. The van der Waals surface area contributed by atoms with E-state index in [1.807, 2.05) is 31.2 Å². The fourth-order valence-corrected chi connectivity index (χ4v) is 1.32. The molecule has 6 heteroatoms. The molecule has 17 heavy (non-hydrogen) atoms. The fraction of sp³-hybridized carbons (Fsp3) is 0.182. The molecule has 1 heterocycles. The lowest BCUT2D eigenvalue weighted by molar-refractivity contribution is 0.286. The van der Waals surface area contributed by atoms with Crippen LogP contribution in [0.2, 0.25) is 0 Å². The Morgan fingerprint density at radius 1 is 1.35 bits per heavy atom. The number of aromatic nitrogens is 2. The van der Waals surface area contributed by atoms with Crippen LogP contribution in [0, 0.1) is 12.3 Å². The molecule has 3 N–H and O–H groups in total. The van der Waals surface area contributed by atoms with Crippen molar-refractivity contribution in [2.24, 2.45) is 0 Å². The van der Waals surface area contributed by atoms with Gasteiger partial charge in [-0.1, -0.05) is 29.8 Å². The van der Waals surface area contributed by atoms with Gasteiger partial charge in [0.05, 0.1) is 0 Å². The Balaban J connectivity index is 1.97. The van der Waals surface area contributed by atoms with Crippen LogP contribution >= 0.6 is 0 Å². The van der Waals surface area contributed by atoms with E-state index in [4.69, 9.17) is 5.41 Å². The van der Waals surface area contributed by atoms with Crippen molar-refractivity contribution in [3.8, 4) is 5.88 Å². The molecular weight excluding hydrogens is 220 g/mol. The molecule has 0 aliphatic carbocycles. The molecule has 0 spiro atoms. The second kappa shape index (κ2) is 4.65. The van der Waals surface area contributed by atoms with Crippen molar-refractivity contribution in [3.63, 3.8) is 0 Å². The summed E-state index contributed by atoms with van der Waals surface area (Å²) >= 11 is 0. The second-order valence-corrected chi connectivity index (χ2v) is 3.65. The monoisotopic (exact) mass is 232 g/mol. The lowest BCUT2D eigenvalue weighted by atomic mass is 10.1. The molecule has 0 saturated heterocycles. The average Bonchev–Trinajstić information content (AvgIpc) is 2.74. The van der Waals surface area contributed by atoms with Crippen molar-refractivity contribution in [1.29, 1.82) is 5.41 Å². The third kappa shape index (κ3) is 2.60. The average molecular weight is 232 g/mol. The predicted octanol–water partition coefficient (Wildman–Crippen LogP) is 1.20. The third-order valence-electron chi connectivity index (χ3n) is 2.30. The van der Waals surface area contributed by atoms with Crippen LogP contribution in [0.15, 0.2) is 28.9 Å². The Labute approximate surface area is 97.7 Å². The SMILES string of the molecule is Cc1ccc(CNC(=N)c2nonc2O)cc1. The number of rotatable bonds is 3. The van der Waals surface area contributed by atoms with Crippen LogP contribution in [0.5, 0.6) is 5.88 Å². The molecule has 1 aromatic heterocycles. The van der Waals surface area contributed by atoms with Crippen LogP contribution < -0.4 is 5.32 Å². The summed E-state index contributed by atoms with van der Waals surface area (Å²) in [4.78, 5) is 0. The van der Waals surface area contributed by atoms with Crippen molar-refractivity contribution >= 4 is 5.84 Å². The number of aryl methyl sites for hydroxylation is 1. The number of aromatic hydroxyl groups is 1. The molecule has 2 aromatic rings. The van der Waals surface area contributed by atoms with E-state index in [0.717, 1.165) is 5.56 Å². The number of hydrogen-bond donors (Lipinski definition) is 3. The van der Waals surface area contributed by atoms with Gasteiger partial charge in [-0.05, 0) is 22.8 Å². The molecular formula is C11H12N4O2. The molecule has 0 atom stereocenters. The number of amidine groups is 1. The third-order valence-corrected chi connectivity index (χ3v) is 2.30. The van der Waals surface area contributed by atoms with Crippen LogP contribution in [-0.2, 0) is 6.54 Å². The van der Waals surface area contributed by atoms with Crippen molar-refractivity contribution < 1.29 is 9.74 Å². The van der Waals surface area contributed by atoms with Crippen molar-refractivity contribution in [2.45, 2.75) is 13.5 Å². The second-order valence-electron chi connectivity index (χ2n) is 3.65. The van der Waals surface area contributed by atoms with Gasteiger partial charge in [-0.3, -0.25) is 5.41 Å². The smallest absolute Gasteiger partial charge is 0.284 e. The van der Waals surface area contributed by atoms with Gasteiger partial charge in [-0.25, -0.2) is 4.63 Å². The van der Waals surface area contributed by atoms with Gasteiger partial charge >= 0.3 is 0 Å². The minimum atomic E-state index is -0.383. The summed E-state index contributed by atoms with van der Waals surface area (Å²) in [5.74, 6) is -0.407. The van der Waals surface area contributed by atoms with Gasteiger partial charge in [0.1, 0.15) is 0 Å². The fourth-order valence-electron chi connectivity index (χ4n) is 1.32. The van der Waals surface area contributed by atoms with Gasteiger partial charge in [-0.15, -0.1) is 0 Å². The first kappa shape index (κ1) is 11.1. The highest BCUT2D eigenvalue weighted by molar-refractivity contribution is 5.96. The highest BCUT2D eigenvalue weighted by atomic mass is 16.6. The number of benzene rings is 1. The molecule has 0 radical (unpaired) electrons. The Bertz CT molecular complexity index is 519. The summed E-state index contributed by atoms with van der Waals surface area (Å²) in [6, 6.07) is 7.93. The molecule has 0 fully saturated rings. The van der Waals surface area contributed by atoms with E-state index in [1.54, 1.807) is 0 Å². The standard InChI is InChI=1S/C11H12N4O2/c1-7-2-4-8(5-3-7)6-13-10(12)9-11(16)15-17-14-9/h2-5H,6H2,1H3,(H2,12,13)(H,15,16). The van der Waals surface area contributed by atoms with E-state index < -0.39 is 0 Å². The van der Waals surface area contributed by atoms with Gasteiger partial charge in [0, 0.05) is 6.54 Å². The molecule has 2 rings (SSSR count). The van der Waals surface area contributed by atoms with Gasteiger partial charge in [0.2, 0.25) is 5.69 Å². The first-order chi connectivity index (χ1) is 8.16. The molecule has 0 saturated carbocycles. The molecule has 0 unspecified atom stereocenters. The summed E-state index contributed by atoms with van der Waals surface area (Å²) in [7, 11) is 0. The maximum Gasteiger partial charge on any atom is 0.284 e. The first-order valence-corrected chi connectivity index (χ1v) is 5.06. The van der Waals surface area contributed by atoms with E-state index in [1.165, 1.54) is 5.56 Å². The minimum absolute atomic E-state index is 0.0112. The minimum Gasteiger partial charge on any atom is -0.489 e. The van der Waals surface area contributed by atoms with Gasteiger partial charge in [0.25, 0.3) is 5.88 Å². The van der Waals surface area contributed by atoms with Crippen LogP contribution in [0.4, 0.5) is 0 Å². The Hall–Kier alpha value is -2.37. The van der Waals surface area contributed by atoms with E-state index in [2.05, 4.69) is 20.3 Å². The van der Waals surface area contributed by atoms with E-state index in [-0.39, 0.29) is 17.4 Å². The molecule has 0 aliphatic rings. The highest BCUT2D eigenvalue weighted by Crippen LogP contribution is 2.09. The van der Waals surface area contributed by atoms with Gasteiger partial charge in [-0.2, -0.15) is 0 Å². The zero-order chi connectivity index (χ0) is 12.3. The number of hydrogen-bond acceptors (Lipinski definition) is 5. The lowest BCUT2D eigenvalue weighted by Crippen LogP contribution is -2.23. The van der Waals surface area contributed by atoms with E-state index in [9.17, 15) is 5.11 Å². The zero-order valence-corrected chi connectivity index (χ0v) is 9.27. The van der Waals surface area contributed by atoms with Crippen LogP contribution in [0.3, 0.4) is 0 Å². The van der Waals surface area contributed by atoms with Crippen LogP contribution in [-0.4, -0.2) is 21.3 Å². The van der Waals surface area contributed by atoms with Crippen molar-refractivity contribution in [1.82, 2.24) is 15.6 Å². The highest BCUT2D eigenvalue weighted by Gasteiger charge is 2.13. The predicted molar refractivity (Wildman–Crippen MR) is 60.8 cm³/mol. The zero-order valence-electron chi connectivity index (χ0n) is 9.27. The van der Waals surface area contributed by atoms with E-state index in [0.29, 0.717) is 6.54 Å². The number of nitrogens with one attached hydrogen (secondary N) is 2. The van der Waals surface area contributed by atoms with E-state index >= 15 is 0 Å².